The summed E-state index contributed by atoms with van der Waals surface area (Å²) in [5.74, 6) is -0.0396. The van der Waals surface area contributed by atoms with E-state index in [2.05, 4.69) is 20.8 Å². The fourth-order valence-corrected chi connectivity index (χ4v) is 3.68. The van der Waals surface area contributed by atoms with E-state index >= 15 is 0 Å². The average molecular weight is 324 g/mol. The minimum absolute atomic E-state index is 0.0390. The zero-order valence-electron chi connectivity index (χ0n) is 11.0. The lowest BCUT2D eigenvalue weighted by Crippen LogP contribution is -2.23. The first-order valence-corrected chi connectivity index (χ1v) is 7.87. The van der Waals surface area contributed by atoms with Crippen LogP contribution in [0.4, 0.5) is 9.93 Å². The number of hydrogen-bond donors (Lipinski definition) is 3. The summed E-state index contributed by atoms with van der Waals surface area (Å²) in [5.41, 5.74) is 0. The zero-order chi connectivity index (χ0) is 15.0. The molecule has 1 saturated carbocycles. The fourth-order valence-electron chi connectivity index (χ4n) is 2.01. The predicted molar refractivity (Wildman–Crippen MR) is 79.2 cm³/mol. The number of aromatic nitrogens is 2. The molecule has 2 aromatic heterocycles. The molecule has 1 fully saturated rings. The van der Waals surface area contributed by atoms with Gasteiger partial charge < -0.3 is 10.4 Å². The molecular formula is C12H12N4O3S2. The summed E-state index contributed by atoms with van der Waals surface area (Å²) in [6.07, 6.45) is -0.229. The Labute approximate surface area is 128 Å². The monoisotopic (exact) mass is 324 g/mol. The van der Waals surface area contributed by atoms with E-state index in [9.17, 15) is 9.59 Å². The third kappa shape index (κ3) is 3.19. The predicted octanol–water partition coefficient (Wildman–Crippen LogP) is 2.28. The Hall–Kier alpha value is -2.00. The number of hydrogen-bond acceptors (Lipinski definition) is 6. The van der Waals surface area contributed by atoms with Gasteiger partial charge in [0.25, 0.3) is 5.91 Å². The van der Waals surface area contributed by atoms with Gasteiger partial charge in [0.15, 0.2) is 0 Å². The Morgan fingerprint density at radius 1 is 1.33 bits per heavy atom. The van der Waals surface area contributed by atoms with Gasteiger partial charge in [-0.1, -0.05) is 11.3 Å². The standard InChI is InChI=1S/C12H12N4O3S2/c1-5-15-16-11(20-5)14-10(17)9-3-2-8(21-9)6-4-7(6)13-12(18)19/h2-3,6-7,13H,4H2,1H3,(H,18,19)(H,14,16,17)/t6-,7-/m1/s1. The molecule has 3 N–H and O–H groups in total. The number of aryl methyl sites for hydroxylation is 1. The molecule has 0 saturated heterocycles. The second-order valence-electron chi connectivity index (χ2n) is 4.68. The molecule has 2 amide bonds. The average Bonchev–Trinajstić information content (AvgIpc) is 2.86. The Kier molecular flexibility index (Phi) is 3.60. The molecule has 0 bridgehead atoms. The van der Waals surface area contributed by atoms with Crippen molar-refractivity contribution in [3.8, 4) is 0 Å². The third-order valence-electron chi connectivity index (χ3n) is 3.06. The third-order valence-corrected chi connectivity index (χ3v) is 5.03. The molecule has 2 aromatic rings. The molecule has 0 aliphatic heterocycles. The van der Waals surface area contributed by atoms with Crippen LogP contribution in [0.5, 0.6) is 0 Å². The second kappa shape index (κ2) is 5.41. The van der Waals surface area contributed by atoms with Crippen molar-refractivity contribution in [1.29, 1.82) is 0 Å². The van der Waals surface area contributed by atoms with E-state index in [1.54, 1.807) is 6.07 Å². The number of amides is 2. The summed E-state index contributed by atoms with van der Waals surface area (Å²) >= 11 is 2.70. The highest BCUT2D eigenvalue weighted by Gasteiger charge is 2.40. The van der Waals surface area contributed by atoms with Crippen LogP contribution in [0.1, 0.15) is 31.9 Å². The molecular weight excluding hydrogens is 312 g/mol. The van der Waals surface area contributed by atoms with E-state index in [1.165, 1.54) is 22.7 Å². The molecule has 3 rings (SSSR count). The van der Waals surface area contributed by atoms with Crippen molar-refractivity contribution >= 4 is 39.8 Å². The van der Waals surface area contributed by atoms with E-state index < -0.39 is 6.09 Å². The van der Waals surface area contributed by atoms with Crippen LogP contribution in [0.25, 0.3) is 0 Å². The molecule has 0 spiro atoms. The van der Waals surface area contributed by atoms with Crippen LogP contribution >= 0.6 is 22.7 Å². The van der Waals surface area contributed by atoms with Crippen LogP contribution in [-0.2, 0) is 0 Å². The van der Waals surface area contributed by atoms with Gasteiger partial charge in [-0.25, -0.2) is 4.79 Å². The number of rotatable bonds is 4. The Balaban J connectivity index is 1.62. The number of thiophene rings is 1. The van der Waals surface area contributed by atoms with Gasteiger partial charge in [0.05, 0.1) is 4.88 Å². The summed E-state index contributed by atoms with van der Waals surface area (Å²) in [5, 5.41) is 22.8. The van der Waals surface area contributed by atoms with Crippen molar-refractivity contribution in [3.05, 3.63) is 26.9 Å². The molecule has 1 aliphatic carbocycles. The summed E-state index contributed by atoms with van der Waals surface area (Å²) in [6, 6.07) is 3.58. The SMILES string of the molecule is Cc1nnc(NC(=O)c2ccc([C@@H]3C[C@H]3NC(=O)O)s2)s1. The molecule has 2 heterocycles. The quantitative estimate of drug-likeness (QED) is 0.800. The topological polar surface area (TPSA) is 104 Å². The lowest BCUT2D eigenvalue weighted by Gasteiger charge is -1.98. The number of carbonyl (C=O) groups is 2. The minimum Gasteiger partial charge on any atom is -0.465 e. The number of carboxylic acid groups (broad SMARTS) is 1. The fraction of sp³-hybridized carbons (Fsp3) is 0.333. The molecule has 21 heavy (non-hydrogen) atoms. The van der Waals surface area contributed by atoms with Crippen LogP contribution in [0.3, 0.4) is 0 Å². The van der Waals surface area contributed by atoms with Crippen molar-refractivity contribution in [2.75, 3.05) is 5.32 Å². The molecule has 2 atom stereocenters. The van der Waals surface area contributed by atoms with E-state index in [4.69, 9.17) is 5.11 Å². The Morgan fingerprint density at radius 3 is 2.81 bits per heavy atom. The Morgan fingerprint density at radius 2 is 2.14 bits per heavy atom. The van der Waals surface area contributed by atoms with Gasteiger partial charge in [-0.15, -0.1) is 21.5 Å². The summed E-state index contributed by atoms with van der Waals surface area (Å²) in [6.45, 7) is 1.82. The molecule has 0 aromatic carbocycles. The van der Waals surface area contributed by atoms with Gasteiger partial charge in [-0.2, -0.15) is 0 Å². The molecule has 9 heteroatoms. The normalized spacial score (nSPS) is 20.0. The zero-order valence-corrected chi connectivity index (χ0v) is 12.6. The first-order valence-electron chi connectivity index (χ1n) is 6.23. The van der Waals surface area contributed by atoms with E-state index in [0.29, 0.717) is 10.0 Å². The van der Waals surface area contributed by atoms with Crippen molar-refractivity contribution in [2.24, 2.45) is 0 Å². The highest BCUT2D eigenvalue weighted by Crippen LogP contribution is 2.43. The van der Waals surface area contributed by atoms with Gasteiger partial charge in [0.1, 0.15) is 5.01 Å². The lowest BCUT2D eigenvalue weighted by molar-refractivity contribution is 0.103. The summed E-state index contributed by atoms with van der Waals surface area (Å²) < 4.78 is 0. The van der Waals surface area contributed by atoms with Crippen molar-refractivity contribution in [3.63, 3.8) is 0 Å². The summed E-state index contributed by atoms with van der Waals surface area (Å²) in [4.78, 5) is 24.2. The van der Waals surface area contributed by atoms with E-state index in [-0.39, 0.29) is 17.9 Å². The first-order chi connectivity index (χ1) is 10.0. The molecule has 1 aliphatic rings. The van der Waals surface area contributed by atoms with Crippen LogP contribution in [0.2, 0.25) is 0 Å². The van der Waals surface area contributed by atoms with Crippen molar-refractivity contribution in [2.45, 2.75) is 25.3 Å². The van der Waals surface area contributed by atoms with Crippen molar-refractivity contribution in [1.82, 2.24) is 15.5 Å². The van der Waals surface area contributed by atoms with Crippen LogP contribution in [0.15, 0.2) is 12.1 Å². The highest BCUT2D eigenvalue weighted by atomic mass is 32.1. The van der Waals surface area contributed by atoms with E-state index in [0.717, 1.165) is 16.3 Å². The molecule has 110 valence electrons. The maximum absolute atomic E-state index is 12.1. The maximum atomic E-state index is 12.1. The largest absolute Gasteiger partial charge is 0.465 e. The lowest BCUT2D eigenvalue weighted by atomic mass is 10.3. The Bertz CT molecular complexity index is 696. The van der Waals surface area contributed by atoms with Gasteiger partial charge >= 0.3 is 6.09 Å². The van der Waals surface area contributed by atoms with Crippen LogP contribution in [0, 0.1) is 6.92 Å². The summed E-state index contributed by atoms with van der Waals surface area (Å²) in [7, 11) is 0. The second-order valence-corrected chi connectivity index (χ2v) is 6.98. The van der Waals surface area contributed by atoms with Crippen LogP contribution < -0.4 is 10.6 Å². The van der Waals surface area contributed by atoms with Gasteiger partial charge in [0.2, 0.25) is 5.13 Å². The number of carbonyl (C=O) groups excluding carboxylic acids is 1. The number of anilines is 1. The number of nitrogens with zero attached hydrogens (tertiary/aromatic N) is 2. The highest BCUT2D eigenvalue weighted by molar-refractivity contribution is 7.16. The molecule has 0 unspecified atom stereocenters. The molecule has 0 radical (unpaired) electrons. The van der Waals surface area contributed by atoms with Gasteiger partial charge in [-0.3, -0.25) is 10.1 Å². The smallest absolute Gasteiger partial charge is 0.404 e. The first kappa shape index (κ1) is 14.0. The maximum Gasteiger partial charge on any atom is 0.404 e. The minimum atomic E-state index is -1.01. The van der Waals surface area contributed by atoms with E-state index in [1.807, 2.05) is 13.0 Å². The van der Waals surface area contributed by atoms with Crippen molar-refractivity contribution < 1.29 is 14.7 Å². The van der Waals surface area contributed by atoms with Gasteiger partial charge in [-0.05, 0) is 25.5 Å². The number of nitrogens with one attached hydrogen (secondary N) is 2. The van der Waals surface area contributed by atoms with Gasteiger partial charge in [0, 0.05) is 16.8 Å². The van der Waals surface area contributed by atoms with Crippen LogP contribution in [-0.4, -0.2) is 33.3 Å². The molecule has 7 nitrogen and oxygen atoms in total.